The maximum Gasteiger partial charge on any atom is 0.314 e. The van der Waals surface area contributed by atoms with Crippen LogP contribution in [0.5, 0.6) is 0 Å². The number of carbonyl (C=O) groups excluding carboxylic acids is 1. The van der Waals surface area contributed by atoms with Crippen LogP contribution in [0.3, 0.4) is 0 Å². The molecule has 2 atom stereocenters. The molecule has 1 saturated heterocycles. The molecule has 1 N–H and O–H groups in total. The van der Waals surface area contributed by atoms with E-state index >= 15 is 0 Å². The number of hydrogen-bond donors (Lipinski definition) is 1. The van der Waals surface area contributed by atoms with E-state index in [0.29, 0.717) is 6.04 Å². The van der Waals surface area contributed by atoms with Crippen LogP contribution in [0, 0.1) is 5.41 Å². The minimum atomic E-state index is -0.365. The van der Waals surface area contributed by atoms with E-state index in [4.69, 9.17) is 4.74 Å². The van der Waals surface area contributed by atoms with Gasteiger partial charge in [0.05, 0.1) is 5.41 Å². The Kier molecular flexibility index (Phi) is 2.99. The van der Waals surface area contributed by atoms with Gasteiger partial charge in [0.2, 0.25) is 0 Å². The van der Waals surface area contributed by atoms with E-state index in [1.54, 1.807) is 0 Å². The third-order valence-electron chi connectivity index (χ3n) is 3.78. The molecular weight excluding hydrogens is 202 g/mol. The Balaban J connectivity index is 2.13. The summed E-state index contributed by atoms with van der Waals surface area (Å²) in [5.74, 6) is 0.0229. The molecule has 0 radical (unpaired) electrons. The fourth-order valence-corrected chi connectivity index (χ4v) is 3.08. The van der Waals surface area contributed by atoms with Crippen molar-refractivity contribution in [2.45, 2.75) is 64.5 Å². The molecule has 2 aliphatic rings. The van der Waals surface area contributed by atoms with Gasteiger partial charge >= 0.3 is 5.97 Å². The third kappa shape index (κ3) is 2.10. The van der Waals surface area contributed by atoms with Crippen LogP contribution in [0.1, 0.15) is 52.9 Å². The first-order valence-electron chi connectivity index (χ1n) is 6.41. The lowest BCUT2D eigenvalue weighted by molar-refractivity contribution is -0.170. The molecule has 16 heavy (non-hydrogen) atoms. The zero-order valence-corrected chi connectivity index (χ0v) is 10.6. The summed E-state index contributed by atoms with van der Waals surface area (Å²) >= 11 is 0. The SMILES string of the molecule is CC(C)(C)OC(=O)[C@@]12CCCN[C@@H]1CCC2. The number of rotatable bonds is 1. The van der Waals surface area contributed by atoms with Crippen LogP contribution in [-0.2, 0) is 9.53 Å². The summed E-state index contributed by atoms with van der Waals surface area (Å²) in [6, 6.07) is 0.357. The fourth-order valence-electron chi connectivity index (χ4n) is 3.08. The van der Waals surface area contributed by atoms with Gasteiger partial charge in [0.1, 0.15) is 5.60 Å². The molecule has 3 nitrogen and oxygen atoms in total. The summed E-state index contributed by atoms with van der Waals surface area (Å²) in [6.45, 7) is 6.89. The van der Waals surface area contributed by atoms with Gasteiger partial charge in [-0.2, -0.15) is 0 Å². The number of fused-ring (bicyclic) bond motifs is 1. The van der Waals surface area contributed by atoms with Crippen molar-refractivity contribution in [2.24, 2.45) is 5.41 Å². The zero-order valence-electron chi connectivity index (χ0n) is 10.6. The Hall–Kier alpha value is -0.570. The summed E-state index contributed by atoms with van der Waals surface area (Å²) in [4.78, 5) is 12.4. The predicted octanol–water partition coefficient (Wildman–Crippen LogP) is 2.25. The van der Waals surface area contributed by atoms with Crippen LogP contribution >= 0.6 is 0 Å². The quantitative estimate of drug-likeness (QED) is 0.696. The Morgan fingerprint density at radius 3 is 2.69 bits per heavy atom. The number of piperidine rings is 1. The van der Waals surface area contributed by atoms with Gasteiger partial charge in [0.25, 0.3) is 0 Å². The van der Waals surface area contributed by atoms with Crippen LogP contribution < -0.4 is 5.32 Å². The number of carbonyl (C=O) groups is 1. The molecule has 0 amide bonds. The van der Waals surface area contributed by atoms with E-state index in [1.165, 1.54) is 0 Å². The van der Waals surface area contributed by atoms with Gasteiger partial charge in [-0.1, -0.05) is 6.42 Å². The number of nitrogens with one attached hydrogen (secondary N) is 1. The summed E-state index contributed by atoms with van der Waals surface area (Å²) in [7, 11) is 0. The Morgan fingerprint density at radius 2 is 2.00 bits per heavy atom. The van der Waals surface area contributed by atoms with Crippen LogP contribution in [0.4, 0.5) is 0 Å². The molecule has 2 rings (SSSR count). The normalized spacial score (nSPS) is 34.6. The maximum absolute atomic E-state index is 12.4. The highest BCUT2D eigenvalue weighted by Crippen LogP contribution is 2.45. The summed E-state index contributed by atoms with van der Waals surface area (Å²) in [5, 5.41) is 3.49. The Bertz CT molecular complexity index is 282. The lowest BCUT2D eigenvalue weighted by atomic mass is 9.76. The van der Waals surface area contributed by atoms with E-state index in [0.717, 1.165) is 38.6 Å². The number of hydrogen-bond acceptors (Lipinski definition) is 3. The lowest BCUT2D eigenvalue weighted by Crippen LogP contribution is -2.52. The Labute approximate surface area is 97.9 Å². The van der Waals surface area contributed by atoms with Gasteiger partial charge in [0, 0.05) is 6.04 Å². The van der Waals surface area contributed by atoms with E-state index in [1.807, 2.05) is 20.8 Å². The monoisotopic (exact) mass is 225 g/mol. The molecule has 1 saturated carbocycles. The molecule has 0 spiro atoms. The van der Waals surface area contributed by atoms with Crippen molar-refractivity contribution < 1.29 is 9.53 Å². The first kappa shape index (κ1) is 11.9. The minimum absolute atomic E-state index is 0.0229. The highest BCUT2D eigenvalue weighted by atomic mass is 16.6. The van der Waals surface area contributed by atoms with Crippen molar-refractivity contribution in [2.75, 3.05) is 6.54 Å². The van der Waals surface area contributed by atoms with Crippen molar-refractivity contribution in [3.63, 3.8) is 0 Å². The molecule has 0 aromatic carbocycles. The minimum Gasteiger partial charge on any atom is -0.459 e. The third-order valence-corrected chi connectivity index (χ3v) is 3.78. The molecule has 1 heterocycles. The van der Waals surface area contributed by atoms with Crippen LogP contribution in [0.2, 0.25) is 0 Å². The van der Waals surface area contributed by atoms with Crippen LogP contribution in [-0.4, -0.2) is 24.2 Å². The van der Waals surface area contributed by atoms with Crippen LogP contribution in [0.25, 0.3) is 0 Å². The van der Waals surface area contributed by atoms with Gasteiger partial charge in [-0.25, -0.2) is 0 Å². The van der Waals surface area contributed by atoms with E-state index in [-0.39, 0.29) is 17.0 Å². The zero-order chi connectivity index (χ0) is 11.8. The van der Waals surface area contributed by atoms with Crippen molar-refractivity contribution >= 4 is 5.97 Å². The molecule has 0 aromatic rings. The molecule has 1 aliphatic heterocycles. The number of ether oxygens (including phenoxy) is 1. The smallest absolute Gasteiger partial charge is 0.314 e. The second-order valence-electron chi connectivity index (χ2n) is 6.16. The van der Waals surface area contributed by atoms with E-state index < -0.39 is 0 Å². The molecular formula is C13H23NO2. The van der Waals surface area contributed by atoms with Gasteiger partial charge in [-0.05, 0) is 53.0 Å². The Morgan fingerprint density at radius 1 is 1.31 bits per heavy atom. The van der Waals surface area contributed by atoms with Gasteiger partial charge < -0.3 is 10.1 Å². The largest absolute Gasteiger partial charge is 0.459 e. The first-order chi connectivity index (χ1) is 7.44. The molecule has 0 unspecified atom stereocenters. The second-order valence-corrected chi connectivity index (χ2v) is 6.16. The van der Waals surface area contributed by atoms with E-state index in [9.17, 15) is 4.79 Å². The number of esters is 1. The molecule has 0 bridgehead atoms. The van der Waals surface area contributed by atoms with Crippen molar-refractivity contribution in [3.8, 4) is 0 Å². The summed E-state index contributed by atoms with van der Waals surface area (Å²) < 4.78 is 5.60. The van der Waals surface area contributed by atoms with Crippen LogP contribution in [0.15, 0.2) is 0 Å². The lowest BCUT2D eigenvalue weighted by Gasteiger charge is -2.39. The summed E-state index contributed by atoms with van der Waals surface area (Å²) in [6.07, 6.45) is 5.37. The topological polar surface area (TPSA) is 38.3 Å². The van der Waals surface area contributed by atoms with Crippen molar-refractivity contribution in [3.05, 3.63) is 0 Å². The highest BCUT2D eigenvalue weighted by Gasteiger charge is 2.51. The molecule has 3 heteroatoms. The van der Waals surface area contributed by atoms with Gasteiger partial charge in [-0.15, -0.1) is 0 Å². The van der Waals surface area contributed by atoms with Gasteiger partial charge in [-0.3, -0.25) is 4.79 Å². The van der Waals surface area contributed by atoms with E-state index in [2.05, 4.69) is 5.32 Å². The maximum atomic E-state index is 12.4. The molecule has 1 aliphatic carbocycles. The van der Waals surface area contributed by atoms with Crippen molar-refractivity contribution in [1.29, 1.82) is 0 Å². The second kappa shape index (κ2) is 4.02. The van der Waals surface area contributed by atoms with Gasteiger partial charge in [0.15, 0.2) is 0 Å². The standard InChI is InChI=1S/C13H23NO2/c1-12(2,3)16-11(15)13-7-4-6-10(13)14-9-5-8-13/h10,14H,4-9H2,1-3H3/t10-,13+/m1/s1. The molecule has 0 aromatic heterocycles. The molecule has 2 fully saturated rings. The predicted molar refractivity (Wildman–Crippen MR) is 63.2 cm³/mol. The fraction of sp³-hybridized carbons (Fsp3) is 0.923. The van der Waals surface area contributed by atoms with Crippen molar-refractivity contribution in [1.82, 2.24) is 5.32 Å². The summed E-state index contributed by atoms with van der Waals surface area (Å²) in [5.41, 5.74) is -0.581. The average molecular weight is 225 g/mol. The first-order valence-corrected chi connectivity index (χ1v) is 6.41. The molecule has 92 valence electrons. The highest BCUT2D eigenvalue weighted by molar-refractivity contribution is 5.79. The average Bonchev–Trinajstić information content (AvgIpc) is 2.59.